The topological polar surface area (TPSA) is 46.5 Å². The second kappa shape index (κ2) is 3.72. The zero-order chi connectivity index (χ0) is 9.07. The van der Waals surface area contributed by atoms with Crippen LogP contribution in [0, 0.1) is 0 Å². The van der Waals surface area contributed by atoms with E-state index in [0.717, 1.165) is 0 Å². The Bertz CT molecular complexity index is 133. The SMILES string of the molecule is C[C@H](O)CC(=O)OC(C)(C)C. The van der Waals surface area contributed by atoms with Gasteiger partial charge in [0.2, 0.25) is 0 Å². The first kappa shape index (κ1) is 10.4. The van der Waals surface area contributed by atoms with Gasteiger partial charge in [0.1, 0.15) is 5.60 Å². The number of carbonyl (C=O) groups excluding carboxylic acids is 1. The second-order valence-electron chi connectivity index (χ2n) is 3.64. The van der Waals surface area contributed by atoms with Crippen molar-refractivity contribution in [3.8, 4) is 0 Å². The molecule has 0 aromatic heterocycles. The Morgan fingerprint density at radius 1 is 1.55 bits per heavy atom. The average molecular weight is 160 g/mol. The van der Waals surface area contributed by atoms with Crippen LogP contribution in [-0.4, -0.2) is 22.8 Å². The average Bonchev–Trinajstić information content (AvgIpc) is 1.53. The predicted octanol–water partition coefficient (Wildman–Crippen LogP) is 1.10. The van der Waals surface area contributed by atoms with Gasteiger partial charge in [-0.25, -0.2) is 0 Å². The normalized spacial score (nSPS) is 14.3. The van der Waals surface area contributed by atoms with E-state index in [1.54, 1.807) is 27.7 Å². The summed E-state index contributed by atoms with van der Waals surface area (Å²) in [5.74, 6) is -0.354. The van der Waals surface area contributed by atoms with Gasteiger partial charge in [-0.2, -0.15) is 0 Å². The molecule has 3 nitrogen and oxygen atoms in total. The first-order valence-electron chi connectivity index (χ1n) is 3.71. The van der Waals surface area contributed by atoms with E-state index < -0.39 is 11.7 Å². The molecule has 66 valence electrons. The van der Waals surface area contributed by atoms with Crippen LogP contribution in [0.25, 0.3) is 0 Å². The van der Waals surface area contributed by atoms with Crippen molar-refractivity contribution in [1.29, 1.82) is 0 Å². The van der Waals surface area contributed by atoms with E-state index in [-0.39, 0.29) is 12.4 Å². The van der Waals surface area contributed by atoms with Crippen molar-refractivity contribution < 1.29 is 14.6 Å². The molecule has 0 unspecified atom stereocenters. The summed E-state index contributed by atoms with van der Waals surface area (Å²) < 4.78 is 4.95. The van der Waals surface area contributed by atoms with Crippen molar-refractivity contribution in [1.82, 2.24) is 0 Å². The molecule has 11 heavy (non-hydrogen) atoms. The van der Waals surface area contributed by atoms with Crippen LogP contribution in [0.5, 0.6) is 0 Å². The summed E-state index contributed by atoms with van der Waals surface area (Å²) in [5.41, 5.74) is -0.452. The molecule has 0 bridgehead atoms. The maximum atomic E-state index is 10.9. The van der Waals surface area contributed by atoms with Crippen LogP contribution in [0.3, 0.4) is 0 Å². The minimum absolute atomic E-state index is 0.0667. The summed E-state index contributed by atoms with van der Waals surface area (Å²) >= 11 is 0. The summed E-state index contributed by atoms with van der Waals surface area (Å²) in [6.07, 6.45) is -0.554. The Kier molecular flexibility index (Phi) is 3.52. The van der Waals surface area contributed by atoms with Gasteiger partial charge in [-0.3, -0.25) is 4.79 Å². The highest BCUT2D eigenvalue weighted by molar-refractivity contribution is 5.70. The molecule has 3 heteroatoms. The number of aliphatic hydroxyl groups is 1. The summed E-state index contributed by atoms with van der Waals surface area (Å²) in [5, 5.41) is 8.82. The number of ether oxygens (including phenoxy) is 1. The largest absolute Gasteiger partial charge is 0.460 e. The third-order valence-corrected chi connectivity index (χ3v) is 0.882. The van der Waals surface area contributed by atoms with Gasteiger partial charge >= 0.3 is 5.97 Å². The Morgan fingerprint density at radius 2 is 2.00 bits per heavy atom. The fraction of sp³-hybridized carbons (Fsp3) is 0.875. The quantitative estimate of drug-likeness (QED) is 0.615. The molecular formula is C8H16O3. The van der Waals surface area contributed by atoms with E-state index in [1.807, 2.05) is 0 Å². The van der Waals surface area contributed by atoms with Crippen LogP contribution in [0.1, 0.15) is 34.1 Å². The maximum absolute atomic E-state index is 10.9. The van der Waals surface area contributed by atoms with Gasteiger partial charge in [-0.1, -0.05) is 0 Å². The molecule has 0 saturated carbocycles. The van der Waals surface area contributed by atoms with E-state index in [4.69, 9.17) is 9.84 Å². The molecule has 0 saturated heterocycles. The standard InChI is InChI=1S/C8H16O3/c1-6(9)5-7(10)11-8(2,3)4/h6,9H,5H2,1-4H3/t6-/m0/s1. The summed E-state index contributed by atoms with van der Waals surface area (Å²) in [6.45, 7) is 6.96. The van der Waals surface area contributed by atoms with Crippen molar-refractivity contribution >= 4 is 5.97 Å². The minimum atomic E-state index is -0.621. The Morgan fingerprint density at radius 3 is 2.27 bits per heavy atom. The summed E-state index contributed by atoms with van der Waals surface area (Å²) in [6, 6.07) is 0. The Labute approximate surface area is 67.4 Å². The number of hydrogen-bond donors (Lipinski definition) is 1. The van der Waals surface area contributed by atoms with Crippen molar-refractivity contribution in [3.05, 3.63) is 0 Å². The molecule has 0 aliphatic carbocycles. The lowest BCUT2D eigenvalue weighted by Crippen LogP contribution is -2.25. The summed E-state index contributed by atoms with van der Waals surface area (Å²) in [7, 11) is 0. The molecule has 0 radical (unpaired) electrons. The van der Waals surface area contributed by atoms with Crippen LogP contribution in [0.2, 0.25) is 0 Å². The molecule has 0 spiro atoms. The minimum Gasteiger partial charge on any atom is -0.460 e. The number of aliphatic hydroxyl groups excluding tert-OH is 1. The lowest BCUT2D eigenvalue weighted by molar-refractivity contribution is -0.156. The highest BCUT2D eigenvalue weighted by atomic mass is 16.6. The van der Waals surface area contributed by atoms with Crippen molar-refractivity contribution in [2.24, 2.45) is 0 Å². The molecule has 0 aliphatic rings. The fourth-order valence-corrected chi connectivity index (χ4v) is 0.624. The van der Waals surface area contributed by atoms with Crippen LogP contribution < -0.4 is 0 Å². The van der Waals surface area contributed by atoms with Gasteiger partial charge in [0.05, 0.1) is 12.5 Å². The van der Waals surface area contributed by atoms with Gasteiger partial charge in [0.25, 0.3) is 0 Å². The van der Waals surface area contributed by atoms with Crippen LogP contribution >= 0.6 is 0 Å². The van der Waals surface area contributed by atoms with Crippen LogP contribution in [-0.2, 0) is 9.53 Å². The third kappa shape index (κ3) is 7.33. The number of carbonyl (C=O) groups is 1. The lowest BCUT2D eigenvalue weighted by atomic mass is 10.2. The summed E-state index contributed by atoms with van der Waals surface area (Å²) in [4.78, 5) is 10.9. The fourth-order valence-electron chi connectivity index (χ4n) is 0.624. The van der Waals surface area contributed by atoms with Crippen molar-refractivity contribution in [2.45, 2.75) is 45.8 Å². The number of esters is 1. The van der Waals surface area contributed by atoms with E-state index in [1.165, 1.54) is 0 Å². The van der Waals surface area contributed by atoms with Gasteiger partial charge < -0.3 is 9.84 Å². The molecule has 0 fully saturated rings. The predicted molar refractivity (Wildman–Crippen MR) is 42.1 cm³/mol. The van der Waals surface area contributed by atoms with Gasteiger partial charge in [-0.05, 0) is 27.7 Å². The second-order valence-corrected chi connectivity index (χ2v) is 3.64. The highest BCUT2D eigenvalue weighted by Gasteiger charge is 2.17. The first-order chi connectivity index (χ1) is 4.81. The lowest BCUT2D eigenvalue weighted by Gasteiger charge is -2.19. The van der Waals surface area contributed by atoms with Crippen LogP contribution in [0.4, 0.5) is 0 Å². The van der Waals surface area contributed by atoms with Gasteiger partial charge in [-0.15, -0.1) is 0 Å². The zero-order valence-electron chi connectivity index (χ0n) is 7.55. The molecule has 1 atom stereocenters. The van der Waals surface area contributed by atoms with E-state index >= 15 is 0 Å². The Hall–Kier alpha value is -0.570. The van der Waals surface area contributed by atoms with Crippen LogP contribution in [0.15, 0.2) is 0 Å². The van der Waals surface area contributed by atoms with E-state index in [2.05, 4.69) is 0 Å². The zero-order valence-corrected chi connectivity index (χ0v) is 7.55. The first-order valence-corrected chi connectivity index (χ1v) is 3.71. The monoisotopic (exact) mass is 160 g/mol. The molecule has 0 aliphatic heterocycles. The molecule has 0 aromatic rings. The smallest absolute Gasteiger partial charge is 0.308 e. The molecule has 0 amide bonds. The molecule has 0 aromatic carbocycles. The highest BCUT2D eigenvalue weighted by Crippen LogP contribution is 2.08. The van der Waals surface area contributed by atoms with E-state index in [0.29, 0.717) is 0 Å². The molecular weight excluding hydrogens is 144 g/mol. The number of rotatable bonds is 2. The van der Waals surface area contributed by atoms with Crippen molar-refractivity contribution in [3.63, 3.8) is 0 Å². The van der Waals surface area contributed by atoms with Crippen molar-refractivity contribution in [2.75, 3.05) is 0 Å². The molecule has 0 rings (SSSR count). The Balaban J connectivity index is 3.71. The third-order valence-electron chi connectivity index (χ3n) is 0.882. The molecule has 1 N–H and O–H groups in total. The maximum Gasteiger partial charge on any atom is 0.308 e. The van der Waals surface area contributed by atoms with Gasteiger partial charge in [0.15, 0.2) is 0 Å². The molecule has 0 heterocycles. The number of hydrogen-bond acceptors (Lipinski definition) is 3. The van der Waals surface area contributed by atoms with E-state index in [9.17, 15) is 4.79 Å². The van der Waals surface area contributed by atoms with Gasteiger partial charge in [0, 0.05) is 0 Å².